The molecule has 1 aromatic carbocycles. The Labute approximate surface area is 102 Å². The normalized spacial score (nSPS) is 12.4. The number of nitrogens with one attached hydrogen (secondary N) is 1. The predicted octanol–water partition coefficient (Wildman–Crippen LogP) is 2.35. The van der Waals surface area contributed by atoms with Crippen molar-refractivity contribution < 1.29 is 0 Å². The number of rotatable bonds is 4. The summed E-state index contributed by atoms with van der Waals surface area (Å²) in [5, 5.41) is 3.29. The molecule has 0 aliphatic rings. The van der Waals surface area contributed by atoms with E-state index in [1.807, 2.05) is 19.4 Å². The van der Waals surface area contributed by atoms with Gasteiger partial charge < -0.3 is 5.32 Å². The second kappa shape index (κ2) is 5.55. The Kier molecular flexibility index (Phi) is 3.83. The lowest BCUT2D eigenvalue weighted by atomic mass is 9.99. The monoisotopic (exact) mass is 227 g/mol. The molecule has 3 nitrogen and oxygen atoms in total. The highest BCUT2D eigenvalue weighted by atomic mass is 14.9. The van der Waals surface area contributed by atoms with Gasteiger partial charge in [0.15, 0.2) is 0 Å². The maximum atomic E-state index is 4.06. The summed E-state index contributed by atoms with van der Waals surface area (Å²) in [6.45, 7) is 2.16. The first-order valence-electron chi connectivity index (χ1n) is 5.86. The zero-order chi connectivity index (χ0) is 12.1. The topological polar surface area (TPSA) is 37.8 Å². The van der Waals surface area contributed by atoms with Crippen molar-refractivity contribution in [1.82, 2.24) is 15.3 Å². The summed E-state index contributed by atoms with van der Waals surface area (Å²) in [5.74, 6) is 0. The van der Waals surface area contributed by atoms with Crippen LogP contribution in [0.4, 0.5) is 0 Å². The fourth-order valence-electron chi connectivity index (χ4n) is 1.93. The molecule has 3 heteroatoms. The van der Waals surface area contributed by atoms with E-state index in [1.54, 1.807) is 6.33 Å². The molecule has 0 spiro atoms. The molecule has 0 aliphatic carbocycles. The van der Waals surface area contributed by atoms with Crippen LogP contribution in [0.2, 0.25) is 0 Å². The molecule has 88 valence electrons. The summed E-state index contributed by atoms with van der Waals surface area (Å²) in [7, 11) is 1.95. The van der Waals surface area contributed by atoms with Crippen molar-refractivity contribution in [3.05, 3.63) is 59.7 Å². The minimum atomic E-state index is 0.155. The highest BCUT2D eigenvalue weighted by molar-refractivity contribution is 5.31. The quantitative estimate of drug-likeness (QED) is 0.871. The Bertz CT molecular complexity index is 451. The van der Waals surface area contributed by atoms with E-state index < -0.39 is 0 Å². The third-order valence-corrected chi connectivity index (χ3v) is 2.92. The molecule has 1 N–H and O–H groups in total. The second-order valence-corrected chi connectivity index (χ2v) is 3.99. The molecule has 0 fully saturated rings. The summed E-state index contributed by atoms with van der Waals surface area (Å²) in [6.07, 6.45) is 6.32. The third kappa shape index (κ3) is 2.68. The molecule has 0 saturated carbocycles. The minimum Gasteiger partial charge on any atom is -0.309 e. The molecule has 1 heterocycles. The number of aryl methyl sites for hydroxylation is 1. The van der Waals surface area contributed by atoms with E-state index in [9.17, 15) is 0 Å². The van der Waals surface area contributed by atoms with Gasteiger partial charge in [-0.3, -0.25) is 0 Å². The van der Waals surface area contributed by atoms with Crippen LogP contribution in [0.5, 0.6) is 0 Å². The van der Waals surface area contributed by atoms with Gasteiger partial charge in [-0.1, -0.05) is 31.2 Å². The van der Waals surface area contributed by atoms with Crippen LogP contribution in [-0.2, 0) is 6.42 Å². The number of hydrogen-bond acceptors (Lipinski definition) is 3. The Hall–Kier alpha value is -1.74. The van der Waals surface area contributed by atoms with Crippen molar-refractivity contribution in [1.29, 1.82) is 0 Å². The van der Waals surface area contributed by atoms with Gasteiger partial charge in [-0.15, -0.1) is 0 Å². The molecule has 1 aromatic heterocycles. The maximum Gasteiger partial charge on any atom is 0.115 e. The van der Waals surface area contributed by atoms with Crippen molar-refractivity contribution in [2.24, 2.45) is 0 Å². The average Bonchev–Trinajstić information content (AvgIpc) is 2.42. The second-order valence-electron chi connectivity index (χ2n) is 3.99. The SMILES string of the molecule is CCc1ccc(C(NC)c2cncnc2)cc1. The first kappa shape index (κ1) is 11.7. The summed E-state index contributed by atoms with van der Waals surface area (Å²) in [4.78, 5) is 8.12. The fourth-order valence-corrected chi connectivity index (χ4v) is 1.93. The lowest BCUT2D eigenvalue weighted by Crippen LogP contribution is -2.18. The maximum absolute atomic E-state index is 4.06. The Morgan fingerprint density at radius 3 is 2.24 bits per heavy atom. The van der Waals surface area contributed by atoms with Crippen molar-refractivity contribution in [3.8, 4) is 0 Å². The van der Waals surface area contributed by atoms with E-state index in [0.717, 1.165) is 12.0 Å². The molecular weight excluding hydrogens is 210 g/mol. The molecule has 1 atom stereocenters. The largest absolute Gasteiger partial charge is 0.309 e. The summed E-state index contributed by atoms with van der Waals surface area (Å²) in [5.41, 5.74) is 3.67. The highest BCUT2D eigenvalue weighted by Crippen LogP contribution is 2.20. The van der Waals surface area contributed by atoms with Crippen LogP contribution in [0.3, 0.4) is 0 Å². The first-order chi connectivity index (χ1) is 8.35. The Morgan fingerprint density at radius 1 is 1.06 bits per heavy atom. The van der Waals surface area contributed by atoms with Crippen molar-refractivity contribution >= 4 is 0 Å². The fraction of sp³-hybridized carbons (Fsp3) is 0.286. The van der Waals surface area contributed by atoms with Crippen LogP contribution in [0.25, 0.3) is 0 Å². The number of nitrogens with zero attached hydrogens (tertiary/aromatic N) is 2. The van der Waals surface area contributed by atoms with E-state index in [2.05, 4.69) is 46.5 Å². The minimum absolute atomic E-state index is 0.155. The zero-order valence-electron chi connectivity index (χ0n) is 10.2. The molecule has 0 bridgehead atoms. The molecule has 0 saturated heterocycles. The molecule has 0 aliphatic heterocycles. The number of aromatic nitrogens is 2. The molecule has 2 rings (SSSR count). The summed E-state index contributed by atoms with van der Waals surface area (Å²) >= 11 is 0. The lowest BCUT2D eigenvalue weighted by Gasteiger charge is -2.16. The third-order valence-electron chi connectivity index (χ3n) is 2.92. The van der Waals surface area contributed by atoms with E-state index in [1.165, 1.54) is 11.1 Å². The van der Waals surface area contributed by atoms with Crippen LogP contribution in [0.1, 0.15) is 29.7 Å². The van der Waals surface area contributed by atoms with Gasteiger partial charge in [-0.25, -0.2) is 9.97 Å². The van der Waals surface area contributed by atoms with Crippen LogP contribution in [0.15, 0.2) is 43.0 Å². The van der Waals surface area contributed by atoms with Crippen LogP contribution in [-0.4, -0.2) is 17.0 Å². The zero-order valence-corrected chi connectivity index (χ0v) is 10.2. The van der Waals surface area contributed by atoms with Crippen LogP contribution in [0, 0.1) is 0 Å². The van der Waals surface area contributed by atoms with Gasteiger partial charge in [0.25, 0.3) is 0 Å². The van der Waals surface area contributed by atoms with Gasteiger partial charge in [0.2, 0.25) is 0 Å². The first-order valence-corrected chi connectivity index (χ1v) is 5.86. The van der Waals surface area contributed by atoms with Gasteiger partial charge in [-0.2, -0.15) is 0 Å². The standard InChI is InChI=1S/C14H17N3/c1-3-11-4-6-12(7-5-11)14(15-2)13-8-16-10-17-9-13/h4-10,14-15H,3H2,1-2H3. The van der Waals surface area contributed by atoms with E-state index >= 15 is 0 Å². The highest BCUT2D eigenvalue weighted by Gasteiger charge is 2.11. The number of hydrogen-bond donors (Lipinski definition) is 1. The van der Waals surface area contributed by atoms with Crippen LogP contribution < -0.4 is 5.32 Å². The van der Waals surface area contributed by atoms with Crippen molar-refractivity contribution in [2.45, 2.75) is 19.4 Å². The Morgan fingerprint density at radius 2 is 1.71 bits per heavy atom. The molecule has 2 aromatic rings. The summed E-state index contributed by atoms with van der Waals surface area (Å²) < 4.78 is 0. The average molecular weight is 227 g/mol. The summed E-state index contributed by atoms with van der Waals surface area (Å²) in [6, 6.07) is 8.81. The van der Waals surface area contributed by atoms with Gasteiger partial charge in [-0.05, 0) is 24.6 Å². The Balaban J connectivity index is 2.29. The molecular formula is C14H17N3. The molecule has 0 radical (unpaired) electrons. The molecule has 0 amide bonds. The smallest absolute Gasteiger partial charge is 0.115 e. The van der Waals surface area contributed by atoms with E-state index in [4.69, 9.17) is 0 Å². The lowest BCUT2D eigenvalue weighted by molar-refractivity contribution is 0.684. The van der Waals surface area contributed by atoms with Gasteiger partial charge >= 0.3 is 0 Å². The number of benzene rings is 1. The van der Waals surface area contributed by atoms with Crippen molar-refractivity contribution in [2.75, 3.05) is 7.05 Å². The van der Waals surface area contributed by atoms with Gasteiger partial charge in [0.1, 0.15) is 6.33 Å². The van der Waals surface area contributed by atoms with Crippen LogP contribution >= 0.6 is 0 Å². The van der Waals surface area contributed by atoms with Gasteiger partial charge in [0.05, 0.1) is 6.04 Å². The van der Waals surface area contributed by atoms with Gasteiger partial charge in [0, 0.05) is 18.0 Å². The molecule has 1 unspecified atom stereocenters. The van der Waals surface area contributed by atoms with E-state index in [0.29, 0.717) is 0 Å². The van der Waals surface area contributed by atoms with Crippen molar-refractivity contribution in [3.63, 3.8) is 0 Å². The predicted molar refractivity (Wildman–Crippen MR) is 68.8 cm³/mol. The molecule has 17 heavy (non-hydrogen) atoms. The van der Waals surface area contributed by atoms with E-state index in [-0.39, 0.29) is 6.04 Å².